The minimum Gasteiger partial charge on any atom is -0.365 e. The summed E-state index contributed by atoms with van der Waals surface area (Å²) >= 11 is 0. The van der Waals surface area contributed by atoms with Crippen LogP contribution in [-0.4, -0.2) is 36.6 Å². The van der Waals surface area contributed by atoms with Crippen LogP contribution in [0.3, 0.4) is 0 Å². The number of nitro groups is 1. The van der Waals surface area contributed by atoms with E-state index in [0.717, 1.165) is 5.56 Å². The molecule has 1 unspecified atom stereocenters. The third-order valence-electron chi connectivity index (χ3n) is 4.67. The number of rotatable bonds is 6. The molecule has 2 aromatic rings. The Bertz CT molecular complexity index is 886. The van der Waals surface area contributed by atoms with Crippen molar-refractivity contribution in [2.75, 3.05) is 24.5 Å². The normalized spacial score (nSPS) is 16.7. The summed E-state index contributed by atoms with van der Waals surface area (Å²) in [6.07, 6.45) is 0.703. The van der Waals surface area contributed by atoms with Crippen molar-refractivity contribution in [1.29, 1.82) is 0 Å². The van der Waals surface area contributed by atoms with E-state index in [1.165, 1.54) is 30.3 Å². The van der Waals surface area contributed by atoms with Crippen LogP contribution < -0.4 is 15.5 Å². The summed E-state index contributed by atoms with van der Waals surface area (Å²) in [5.74, 6) is -0.589. The van der Waals surface area contributed by atoms with Crippen molar-refractivity contribution in [2.24, 2.45) is 4.99 Å². The zero-order chi connectivity index (χ0) is 20.8. The first-order valence-corrected chi connectivity index (χ1v) is 9.45. The molecule has 7 nitrogen and oxygen atoms in total. The Labute approximate surface area is 167 Å². The van der Waals surface area contributed by atoms with Crippen LogP contribution in [0.15, 0.2) is 47.5 Å². The molecule has 1 saturated heterocycles. The van der Waals surface area contributed by atoms with Crippen LogP contribution in [0.2, 0.25) is 0 Å². The highest BCUT2D eigenvalue weighted by molar-refractivity contribution is 5.80. The molecule has 0 spiro atoms. The number of nitro benzene ring substituents is 1. The number of nitrogens with one attached hydrogen (secondary N) is 2. The smallest absolute Gasteiger partial charge is 0.269 e. The maximum atomic E-state index is 14.0. The lowest BCUT2D eigenvalue weighted by Gasteiger charge is -2.21. The van der Waals surface area contributed by atoms with Crippen molar-refractivity contribution < 1.29 is 13.7 Å². The second kappa shape index (κ2) is 9.31. The number of benzene rings is 2. The molecule has 9 heteroatoms. The molecule has 1 heterocycles. The van der Waals surface area contributed by atoms with Crippen molar-refractivity contribution in [2.45, 2.75) is 25.9 Å². The summed E-state index contributed by atoms with van der Waals surface area (Å²) in [5, 5.41) is 17.3. The first kappa shape index (κ1) is 20.5. The van der Waals surface area contributed by atoms with E-state index in [2.05, 4.69) is 15.6 Å². The minimum absolute atomic E-state index is 0.00432. The summed E-state index contributed by atoms with van der Waals surface area (Å²) in [5.41, 5.74) is 0.738. The Kier molecular flexibility index (Phi) is 6.58. The SMILES string of the molecule is CCNC(=NCc1cccc([N+](=O)[O-])c1)NC1CCN(c2c(F)cccc2F)C1. The third kappa shape index (κ3) is 5.18. The van der Waals surface area contributed by atoms with Crippen LogP contribution in [0.1, 0.15) is 18.9 Å². The van der Waals surface area contributed by atoms with Crippen molar-refractivity contribution in [3.05, 3.63) is 69.8 Å². The lowest BCUT2D eigenvalue weighted by molar-refractivity contribution is -0.384. The lowest BCUT2D eigenvalue weighted by atomic mass is 10.2. The van der Waals surface area contributed by atoms with Gasteiger partial charge in [-0.05, 0) is 31.0 Å². The summed E-state index contributed by atoms with van der Waals surface area (Å²) in [6, 6.07) is 10.2. The molecule has 2 N–H and O–H groups in total. The number of aliphatic imine (C=N–C) groups is 1. The molecule has 0 aromatic heterocycles. The first-order chi connectivity index (χ1) is 14.0. The Balaban J connectivity index is 1.66. The van der Waals surface area contributed by atoms with E-state index in [1.54, 1.807) is 17.0 Å². The third-order valence-corrected chi connectivity index (χ3v) is 4.67. The molecular formula is C20H23F2N5O2. The van der Waals surface area contributed by atoms with Crippen LogP contribution in [-0.2, 0) is 6.54 Å². The van der Waals surface area contributed by atoms with Gasteiger partial charge in [0, 0.05) is 37.8 Å². The molecule has 0 aliphatic carbocycles. The van der Waals surface area contributed by atoms with Gasteiger partial charge in [0.1, 0.15) is 17.3 Å². The maximum absolute atomic E-state index is 14.0. The molecule has 3 rings (SSSR count). The van der Waals surface area contributed by atoms with E-state index >= 15 is 0 Å². The van der Waals surface area contributed by atoms with E-state index in [0.29, 0.717) is 32.0 Å². The van der Waals surface area contributed by atoms with Gasteiger partial charge in [0.2, 0.25) is 0 Å². The van der Waals surface area contributed by atoms with Crippen LogP contribution >= 0.6 is 0 Å². The lowest BCUT2D eigenvalue weighted by Crippen LogP contribution is -2.44. The second-order valence-corrected chi connectivity index (χ2v) is 6.77. The molecule has 0 radical (unpaired) electrons. The van der Waals surface area contributed by atoms with Crippen molar-refractivity contribution >= 4 is 17.3 Å². The number of halogens is 2. The van der Waals surface area contributed by atoms with Crippen LogP contribution in [0, 0.1) is 21.7 Å². The zero-order valence-corrected chi connectivity index (χ0v) is 16.1. The molecule has 1 fully saturated rings. The predicted octanol–water partition coefficient (Wildman–Crippen LogP) is 3.21. The quantitative estimate of drug-likeness (QED) is 0.335. The van der Waals surface area contributed by atoms with Gasteiger partial charge in [0.05, 0.1) is 11.5 Å². The average molecular weight is 403 g/mol. The van der Waals surface area contributed by atoms with E-state index in [9.17, 15) is 18.9 Å². The largest absolute Gasteiger partial charge is 0.365 e. The van der Waals surface area contributed by atoms with E-state index in [4.69, 9.17) is 0 Å². The monoisotopic (exact) mass is 403 g/mol. The standard InChI is InChI=1S/C20H23F2N5O2/c1-2-23-20(24-12-14-5-3-6-16(11-14)27(28)29)25-15-9-10-26(13-15)19-17(21)7-4-8-18(19)22/h3-8,11,15H,2,9-10,12-13H2,1H3,(H2,23,24,25). The number of guanidine groups is 1. The summed E-state index contributed by atoms with van der Waals surface area (Å²) in [4.78, 5) is 16.6. The highest BCUT2D eigenvalue weighted by Crippen LogP contribution is 2.26. The summed E-state index contributed by atoms with van der Waals surface area (Å²) < 4.78 is 28.0. The molecule has 1 aliphatic rings. The predicted molar refractivity (Wildman–Crippen MR) is 108 cm³/mol. The number of anilines is 1. The van der Waals surface area contributed by atoms with Gasteiger partial charge in [-0.25, -0.2) is 13.8 Å². The van der Waals surface area contributed by atoms with E-state index < -0.39 is 16.6 Å². The number of para-hydroxylation sites is 1. The van der Waals surface area contributed by atoms with Gasteiger partial charge in [-0.3, -0.25) is 10.1 Å². The molecule has 0 amide bonds. The molecular weight excluding hydrogens is 380 g/mol. The molecule has 29 heavy (non-hydrogen) atoms. The van der Waals surface area contributed by atoms with Crippen molar-refractivity contribution in [3.63, 3.8) is 0 Å². The summed E-state index contributed by atoms with van der Waals surface area (Å²) in [6.45, 7) is 3.81. The molecule has 0 saturated carbocycles. The van der Waals surface area contributed by atoms with Crippen molar-refractivity contribution in [3.8, 4) is 0 Å². The van der Waals surface area contributed by atoms with Gasteiger partial charge >= 0.3 is 0 Å². The molecule has 154 valence electrons. The van der Waals surface area contributed by atoms with Gasteiger partial charge < -0.3 is 15.5 Å². The van der Waals surface area contributed by atoms with Crippen molar-refractivity contribution in [1.82, 2.24) is 10.6 Å². The van der Waals surface area contributed by atoms with Gasteiger partial charge in [-0.1, -0.05) is 18.2 Å². The van der Waals surface area contributed by atoms with Crippen LogP contribution in [0.4, 0.5) is 20.2 Å². The van der Waals surface area contributed by atoms with E-state index in [1.807, 2.05) is 6.92 Å². The van der Waals surface area contributed by atoms with Gasteiger partial charge in [-0.15, -0.1) is 0 Å². The molecule has 1 aliphatic heterocycles. The van der Waals surface area contributed by atoms with Crippen LogP contribution in [0.5, 0.6) is 0 Å². The highest BCUT2D eigenvalue weighted by Gasteiger charge is 2.27. The van der Waals surface area contributed by atoms with Gasteiger partial charge in [-0.2, -0.15) is 0 Å². The Morgan fingerprint density at radius 2 is 2.00 bits per heavy atom. The van der Waals surface area contributed by atoms with Gasteiger partial charge in [0.25, 0.3) is 5.69 Å². The minimum atomic E-state index is -0.572. The number of hydrogen-bond acceptors (Lipinski definition) is 4. The highest BCUT2D eigenvalue weighted by atomic mass is 19.1. The average Bonchev–Trinajstić information content (AvgIpc) is 3.14. The van der Waals surface area contributed by atoms with Crippen LogP contribution in [0.25, 0.3) is 0 Å². The molecule has 0 bridgehead atoms. The zero-order valence-electron chi connectivity index (χ0n) is 16.1. The molecule has 2 aromatic carbocycles. The van der Waals surface area contributed by atoms with E-state index in [-0.39, 0.29) is 24.0 Å². The first-order valence-electron chi connectivity index (χ1n) is 9.45. The fourth-order valence-electron chi connectivity index (χ4n) is 3.32. The van der Waals surface area contributed by atoms with Gasteiger partial charge in [0.15, 0.2) is 5.96 Å². The maximum Gasteiger partial charge on any atom is 0.269 e. The molecule has 1 atom stereocenters. The topological polar surface area (TPSA) is 82.8 Å². The number of non-ortho nitro benzene ring substituents is 1. The summed E-state index contributed by atoms with van der Waals surface area (Å²) in [7, 11) is 0. The second-order valence-electron chi connectivity index (χ2n) is 6.77. The Morgan fingerprint density at radius 1 is 1.28 bits per heavy atom. The fourth-order valence-corrected chi connectivity index (χ4v) is 3.32. The Morgan fingerprint density at radius 3 is 2.69 bits per heavy atom. The fraction of sp³-hybridized carbons (Fsp3) is 0.350. The number of nitrogens with zero attached hydrogens (tertiary/aromatic N) is 3. The number of hydrogen-bond donors (Lipinski definition) is 2. The Hall–Kier alpha value is -3.23.